The molecule has 1 N–H and O–H groups in total. The van der Waals surface area contributed by atoms with Gasteiger partial charge in [-0.2, -0.15) is 0 Å². The highest BCUT2D eigenvalue weighted by Gasteiger charge is 2.38. The van der Waals surface area contributed by atoms with E-state index >= 15 is 0 Å². The van der Waals surface area contributed by atoms with Gasteiger partial charge in [0.2, 0.25) is 0 Å². The molecule has 1 aromatic heterocycles. The van der Waals surface area contributed by atoms with Crippen molar-refractivity contribution in [3.8, 4) is 0 Å². The van der Waals surface area contributed by atoms with E-state index in [-0.39, 0.29) is 22.1 Å². The number of ketones is 1. The van der Waals surface area contributed by atoms with E-state index in [1.54, 1.807) is 10.6 Å². The van der Waals surface area contributed by atoms with Gasteiger partial charge in [0.25, 0.3) is 0 Å². The molecule has 2 aromatic rings. The normalized spacial score (nSPS) is 18.0. The fraction of sp³-hybridized carbons (Fsp3) is 0.450. The molecule has 0 saturated carbocycles. The molecule has 0 spiro atoms. The summed E-state index contributed by atoms with van der Waals surface area (Å²) in [7, 11) is 2.00. The Bertz CT molecular complexity index is 941. The number of thioether (sulfide) groups is 1. The summed E-state index contributed by atoms with van der Waals surface area (Å²) in [5, 5.41) is 6.76. The van der Waals surface area contributed by atoms with Crippen LogP contribution in [-0.4, -0.2) is 32.8 Å². The van der Waals surface area contributed by atoms with Crippen LogP contribution in [0.1, 0.15) is 39.7 Å². The van der Waals surface area contributed by atoms with Crippen molar-refractivity contribution in [2.45, 2.75) is 56.5 Å². The van der Waals surface area contributed by atoms with E-state index in [1.807, 2.05) is 33.0 Å². The van der Waals surface area contributed by atoms with Crippen LogP contribution in [0.25, 0.3) is 0 Å². The van der Waals surface area contributed by atoms with E-state index in [1.165, 1.54) is 17.3 Å². The molecule has 0 fully saturated rings. The predicted octanol–water partition coefficient (Wildman–Crippen LogP) is 3.34. The van der Waals surface area contributed by atoms with Crippen molar-refractivity contribution in [2.24, 2.45) is 0 Å². The van der Waals surface area contributed by atoms with E-state index in [2.05, 4.69) is 41.1 Å². The van der Waals surface area contributed by atoms with Crippen LogP contribution in [0.2, 0.25) is 0 Å². The van der Waals surface area contributed by atoms with Gasteiger partial charge in [-0.25, -0.2) is 9.89 Å². The maximum atomic E-state index is 12.9. The quantitative estimate of drug-likeness (QED) is 0.609. The molecule has 0 saturated heterocycles. The summed E-state index contributed by atoms with van der Waals surface area (Å²) in [4.78, 5) is 26.8. The molecule has 0 aliphatic carbocycles. The van der Waals surface area contributed by atoms with Gasteiger partial charge < -0.3 is 4.90 Å². The molecule has 0 amide bonds. The Balaban J connectivity index is 1.84. The number of allylic oxidation sites excluding steroid dienone is 2. The zero-order chi connectivity index (χ0) is 19.8. The second-order valence-corrected chi connectivity index (χ2v) is 8.66. The molecule has 7 heteroatoms. The number of hydrogen-bond donors (Lipinski definition) is 1. The summed E-state index contributed by atoms with van der Waals surface area (Å²) >= 11 is 1.32. The fourth-order valence-electron chi connectivity index (χ4n) is 3.54. The Morgan fingerprint density at radius 3 is 2.74 bits per heavy atom. The number of fused-ring (bicyclic) bond motifs is 1. The smallest absolute Gasteiger partial charge is 0.343 e. The molecule has 27 heavy (non-hydrogen) atoms. The van der Waals surface area contributed by atoms with Gasteiger partial charge in [0.15, 0.2) is 10.9 Å². The third-order valence-electron chi connectivity index (χ3n) is 5.07. The number of para-hydroxylation sites is 1. The first-order chi connectivity index (χ1) is 12.8. The molecule has 6 nitrogen and oxygen atoms in total. The van der Waals surface area contributed by atoms with E-state index in [4.69, 9.17) is 0 Å². The molecule has 2 heterocycles. The van der Waals surface area contributed by atoms with Gasteiger partial charge >= 0.3 is 5.69 Å². The number of H-pyrrole nitrogens is 1. The predicted molar refractivity (Wildman–Crippen MR) is 109 cm³/mol. The average molecular weight is 387 g/mol. The molecular weight excluding hydrogens is 360 g/mol. The molecule has 3 rings (SSSR count). The van der Waals surface area contributed by atoms with Crippen LogP contribution < -0.4 is 10.6 Å². The van der Waals surface area contributed by atoms with Gasteiger partial charge in [-0.3, -0.25) is 9.36 Å². The standard InChI is InChI=1S/C20H26N4O2S/c1-6-11-24-18(26)21-22-19(24)27-13(2)16(25)12-17-20(3,4)14-9-7-8-10-15(14)23(17)5/h7-10,12-13H,6,11H2,1-5H3,(H,21,26)/b17-12+/t13-/m1/s1. The van der Waals surface area contributed by atoms with Crippen LogP contribution in [-0.2, 0) is 16.8 Å². The Kier molecular flexibility index (Phi) is 5.33. The number of likely N-dealkylation sites (N-methyl/N-ethyl adjacent to an activating group) is 1. The second-order valence-electron chi connectivity index (χ2n) is 7.36. The summed E-state index contributed by atoms with van der Waals surface area (Å²) in [6.45, 7) is 8.72. The van der Waals surface area contributed by atoms with Crippen LogP contribution in [0.15, 0.2) is 46.0 Å². The third kappa shape index (κ3) is 3.48. The SMILES string of the molecule is CCCn1c(S[C@H](C)C(=O)/C=C2/N(C)c3ccccc3C2(C)C)n[nH]c1=O. The van der Waals surface area contributed by atoms with E-state index in [0.29, 0.717) is 11.7 Å². The summed E-state index contributed by atoms with van der Waals surface area (Å²) in [6.07, 6.45) is 2.57. The summed E-state index contributed by atoms with van der Waals surface area (Å²) in [6, 6.07) is 8.23. The van der Waals surface area contributed by atoms with E-state index < -0.39 is 0 Å². The molecule has 0 radical (unpaired) electrons. The minimum absolute atomic E-state index is 0.0150. The number of rotatable bonds is 6. The number of nitrogens with one attached hydrogen (secondary N) is 1. The van der Waals surface area contributed by atoms with Crippen LogP contribution in [0, 0.1) is 0 Å². The van der Waals surface area contributed by atoms with Crippen molar-refractivity contribution in [2.75, 3.05) is 11.9 Å². The lowest BCUT2D eigenvalue weighted by molar-refractivity contribution is -0.114. The van der Waals surface area contributed by atoms with Gasteiger partial charge in [-0.05, 0) is 25.0 Å². The van der Waals surface area contributed by atoms with Crippen LogP contribution >= 0.6 is 11.8 Å². The van der Waals surface area contributed by atoms with E-state index in [9.17, 15) is 9.59 Å². The van der Waals surface area contributed by atoms with Gasteiger partial charge in [0.1, 0.15) is 0 Å². The van der Waals surface area contributed by atoms with Gasteiger partial charge in [-0.15, -0.1) is 5.10 Å². The number of anilines is 1. The average Bonchev–Trinajstić information content (AvgIpc) is 3.07. The van der Waals surface area contributed by atoms with Gasteiger partial charge in [-0.1, -0.05) is 50.7 Å². The van der Waals surface area contributed by atoms with Gasteiger partial charge in [0, 0.05) is 36.5 Å². The van der Waals surface area contributed by atoms with Crippen molar-refractivity contribution in [3.63, 3.8) is 0 Å². The molecule has 0 unspecified atom stereocenters. The summed E-state index contributed by atoms with van der Waals surface area (Å²) in [5.41, 5.74) is 2.86. The van der Waals surface area contributed by atoms with E-state index in [0.717, 1.165) is 17.8 Å². The lowest BCUT2D eigenvalue weighted by Crippen LogP contribution is -2.25. The maximum absolute atomic E-state index is 12.9. The lowest BCUT2D eigenvalue weighted by atomic mass is 9.83. The third-order valence-corrected chi connectivity index (χ3v) is 6.18. The zero-order valence-corrected chi connectivity index (χ0v) is 17.3. The number of aromatic amines is 1. The Hall–Kier alpha value is -2.28. The Morgan fingerprint density at radius 1 is 1.37 bits per heavy atom. The summed E-state index contributed by atoms with van der Waals surface area (Å²) < 4.78 is 1.59. The Morgan fingerprint density at radius 2 is 2.07 bits per heavy atom. The number of carbonyl (C=O) groups is 1. The highest BCUT2D eigenvalue weighted by molar-refractivity contribution is 8.00. The number of benzene rings is 1. The van der Waals surface area contributed by atoms with Crippen LogP contribution in [0.3, 0.4) is 0 Å². The Labute approximate surface area is 163 Å². The van der Waals surface area contributed by atoms with Crippen LogP contribution in [0.4, 0.5) is 5.69 Å². The van der Waals surface area contributed by atoms with Crippen molar-refractivity contribution in [1.29, 1.82) is 0 Å². The number of aromatic nitrogens is 3. The lowest BCUT2D eigenvalue weighted by Gasteiger charge is -2.24. The molecule has 1 aliphatic heterocycles. The molecule has 1 aliphatic rings. The van der Waals surface area contributed by atoms with Crippen molar-refractivity contribution in [1.82, 2.24) is 14.8 Å². The number of carbonyl (C=O) groups excluding carboxylic acids is 1. The minimum Gasteiger partial charge on any atom is -0.347 e. The number of hydrogen-bond acceptors (Lipinski definition) is 5. The molecule has 1 atom stereocenters. The first kappa shape index (κ1) is 19.5. The first-order valence-electron chi connectivity index (χ1n) is 9.18. The van der Waals surface area contributed by atoms with Crippen LogP contribution in [0.5, 0.6) is 0 Å². The second kappa shape index (κ2) is 7.38. The van der Waals surface area contributed by atoms with Crippen molar-refractivity contribution in [3.05, 3.63) is 52.1 Å². The summed E-state index contributed by atoms with van der Waals surface area (Å²) in [5.74, 6) is 0.0150. The molecule has 1 aromatic carbocycles. The first-order valence-corrected chi connectivity index (χ1v) is 10.1. The minimum atomic E-state index is -0.337. The topological polar surface area (TPSA) is 71.0 Å². The monoisotopic (exact) mass is 386 g/mol. The van der Waals surface area contributed by atoms with Crippen molar-refractivity contribution >= 4 is 23.2 Å². The number of nitrogens with zero attached hydrogens (tertiary/aromatic N) is 3. The molecule has 0 bridgehead atoms. The van der Waals surface area contributed by atoms with Crippen molar-refractivity contribution < 1.29 is 4.79 Å². The highest BCUT2D eigenvalue weighted by atomic mass is 32.2. The highest BCUT2D eigenvalue weighted by Crippen LogP contribution is 2.46. The molecule has 144 valence electrons. The maximum Gasteiger partial charge on any atom is 0.343 e. The van der Waals surface area contributed by atoms with Gasteiger partial charge in [0.05, 0.1) is 5.25 Å². The molecular formula is C20H26N4O2S. The largest absolute Gasteiger partial charge is 0.347 e. The fourth-order valence-corrected chi connectivity index (χ4v) is 4.44. The zero-order valence-electron chi connectivity index (χ0n) is 16.4.